The van der Waals surface area contributed by atoms with Crippen molar-refractivity contribution in [1.29, 1.82) is 0 Å². The van der Waals surface area contributed by atoms with Crippen LogP contribution in [0.15, 0.2) is 48.5 Å². The number of nitrogens with zero attached hydrogens (tertiary/aromatic N) is 1. The van der Waals surface area contributed by atoms with Crippen LogP contribution in [0.4, 0.5) is 0 Å². The Morgan fingerprint density at radius 3 is 2.46 bits per heavy atom. The summed E-state index contributed by atoms with van der Waals surface area (Å²) >= 11 is 0. The predicted molar refractivity (Wildman–Crippen MR) is 95.0 cm³/mol. The van der Waals surface area contributed by atoms with E-state index in [0.29, 0.717) is 0 Å². The highest BCUT2D eigenvalue weighted by Gasteiger charge is 2.50. The van der Waals surface area contributed by atoms with E-state index < -0.39 is 0 Å². The van der Waals surface area contributed by atoms with E-state index in [0.717, 1.165) is 24.9 Å². The van der Waals surface area contributed by atoms with Crippen LogP contribution in [0, 0.1) is 5.41 Å². The fraction of sp³-hybridized carbons (Fsp3) is 0.409. The van der Waals surface area contributed by atoms with Crippen molar-refractivity contribution < 1.29 is 4.79 Å². The van der Waals surface area contributed by atoms with Crippen molar-refractivity contribution in [3.63, 3.8) is 0 Å². The first-order chi connectivity index (χ1) is 11.8. The molecule has 122 valence electrons. The van der Waals surface area contributed by atoms with Gasteiger partial charge in [0.15, 0.2) is 0 Å². The van der Waals surface area contributed by atoms with Gasteiger partial charge in [0, 0.05) is 12.1 Å². The van der Waals surface area contributed by atoms with Gasteiger partial charge >= 0.3 is 0 Å². The van der Waals surface area contributed by atoms with Gasteiger partial charge in [-0.05, 0) is 53.9 Å². The molecule has 1 aliphatic carbocycles. The minimum atomic E-state index is 0.221. The maximum Gasteiger partial charge on any atom is 0.254 e. The van der Waals surface area contributed by atoms with Crippen molar-refractivity contribution in [2.75, 3.05) is 6.54 Å². The van der Waals surface area contributed by atoms with Crippen LogP contribution in [-0.4, -0.2) is 17.4 Å². The minimum absolute atomic E-state index is 0.221. The molecule has 0 radical (unpaired) electrons. The lowest BCUT2D eigenvalue weighted by Gasteiger charge is -2.46. The van der Waals surface area contributed by atoms with Gasteiger partial charge in [-0.2, -0.15) is 0 Å². The van der Waals surface area contributed by atoms with Crippen LogP contribution >= 0.6 is 0 Å². The van der Waals surface area contributed by atoms with E-state index >= 15 is 0 Å². The van der Waals surface area contributed by atoms with Gasteiger partial charge in [-0.1, -0.05) is 55.3 Å². The number of amides is 1. The summed E-state index contributed by atoms with van der Waals surface area (Å²) in [7, 11) is 0. The molecule has 1 unspecified atom stereocenters. The molecule has 5 rings (SSSR count). The average molecular weight is 317 g/mol. The molecule has 1 amide bonds. The van der Waals surface area contributed by atoms with Gasteiger partial charge in [-0.15, -0.1) is 0 Å². The lowest BCUT2D eigenvalue weighted by molar-refractivity contribution is 0.0407. The minimum Gasteiger partial charge on any atom is -0.331 e. The number of fused-ring (bicyclic) bond motifs is 5. The van der Waals surface area contributed by atoms with E-state index in [1.54, 1.807) is 0 Å². The number of hydrogen-bond acceptors (Lipinski definition) is 1. The summed E-state index contributed by atoms with van der Waals surface area (Å²) in [5, 5.41) is 0. The van der Waals surface area contributed by atoms with Gasteiger partial charge in [-0.3, -0.25) is 4.79 Å². The van der Waals surface area contributed by atoms with Crippen molar-refractivity contribution in [3.8, 4) is 0 Å². The normalized spacial score (nSPS) is 24.2. The fourth-order valence-electron chi connectivity index (χ4n) is 5.49. The Morgan fingerprint density at radius 1 is 0.917 bits per heavy atom. The summed E-state index contributed by atoms with van der Waals surface area (Å²) < 4.78 is 0. The smallest absolute Gasteiger partial charge is 0.254 e. The summed E-state index contributed by atoms with van der Waals surface area (Å²) in [5.41, 5.74) is 5.27. The lowest BCUT2D eigenvalue weighted by atomic mass is 9.69. The van der Waals surface area contributed by atoms with Crippen LogP contribution in [0.5, 0.6) is 0 Å². The fourth-order valence-corrected chi connectivity index (χ4v) is 5.49. The van der Waals surface area contributed by atoms with Crippen LogP contribution in [-0.2, 0) is 12.8 Å². The van der Waals surface area contributed by atoms with E-state index in [-0.39, 0.29) is 17.4 Å². The first kappa shape index (κ1) is 14.3. The van der Waals surface area contributed by atoms with Crippen LogP contribution < -0.4 is 0 Å². The quantitative estimate of drug-likeness (QED) is 0.698. The second-order valence-electron chi connectivity index (χ2n) is 7.75. The Kier molecular flexibility index (Phi) is 3.09. The molecular weight excluding hydrogens is 294 g/mol. The van der Waals surface area contributed by atoms with Gasteiger partial charge in [0.25, 0.3) is 5.91 Å². The third-order valence-electron chi connectivity index (χ3n) is 6.51. The lowest BCUT2D eigenvalue weighted by Crippen LogP contribution is -2.46. The largest absolute Gasteiger partial charge is 0.331 e. The third-order valence-corrected chi connectivity index (χ3v) is 6.51. The van der Waals surface area contributed by atoms with Crippen LogP contribution in [0.25, 0.3) is 0 Å². The van der Waals surface area contributed by atoms with Gasteiger partial charge < -0.3 is 4.90 Å². The maximum absolute atomic E-state index is 13.3. The van der Waals surface area contributed by atoms with E-state index in [4.69, 9.17) is 0 Å². The van der Waals surface area contributed by atoms with Crippen molar-refractivity contribution in [1.82, 2.24) is 4.90 Å². The summed E-state index contributed by atoms with van der Waals surface area (Å²) in [6.45, 7) is 0.858. The van der Waals surface area contributed by atoms with E-state index in [1.807, 2.05) is 12.1 Å². The van der Waals surface area contributed by atoms with E-state index in [9.17, 15) is 4.79 Å². The summed E-state index contributed by atoms with van der Waals surface area (Å²) in [6, 6.07) is 17.4. The molecule has 1 atom stereocenters. The van der Waals surface area contributed by atoms with Crippen molar-refractivity contribution in [2.24, 2.45) is 5.41 Å². The first-order valence-electron chi connectivity index (χ1n) is 9.25. The number of rotatable bonds is 0. The highest BCUT2D eigenvalue weighted by molar-refractivity contribution is 5.96. The van der Waals surface area contributed by atoms with E-state index in [2.05, 4.69) is 41.3 Å². The van der Waals surface area contributed by atoms with Gasteiger partial charge in [0.05, 0.1) is 6.04 Å². The predicted octanol–water partition coefficient (Wildman–Crippen LogP) is 4.54. The molecule has 1 spiro atoms. The van der Waals surface area contributed by atoms with Crippen LogP contribution in [0.2, 0.25) is 0 Å². The van der Waals surface area contributed by atoms with Gasteiger partial charge in [-0.25, -0.2) is 0 Å². The summed E-state index contributed by atoms with van der Waals surface area (Å²) in [6.07, 6.45) is 7.10. The van der Waals surface area contributed by atoms with Crippen molar-refractivity contribution >= 4 is 5.91 Å². The third kappa shape index (κ3) is 1.92. The number of benzene rings is 2. The topological polar surface area (TPSA) is 20.3 Å². The Hall–Kier alpha value is -2.09. The molecule has 0 N–H and O–H groups in total. The highest BCUT2D eigenvalue weighted by Crippen LogP contribution is 2.56. The number of carbonyl (C=O) groups is 1. The van der Waals surface area contributed by atoms with Crippen molar-refractivity contribution in [2.45, 2.75) is 44.6 Å². The summed E-state index contributed by atoms with van der Waals surface area (Å²) in [4.78, 5) is 15.6. The molecular formula is C22H23NO. The molecule has 0 bridgehead atoms. The molecule has 0 saturated heterocycles. The molecule has 2 nitrogen and oxygen atoms in total. The summed E-state index contributed by atoms with van der Waals surface area (Å²) in [5.74, 6) is 0.244. The Bertz CT molecular complexity index is 803. The zero-order valence-corrected chi connectivity index (χ0v) is 14.0. The molecule has 1 fully saturated rings. The zero-order chi connectivity index (χ0) is 16.1. The first-order valence-corrected chi connectivity index (χ1v) is 9.25. The maximum atomic E-state index is 13.3. The molecule has 3 aliphatic rings. The number of carbonyl (C=O) groups excluding carboxylic acids is 1. The zero-order valence-electron chi connectivity index (χ0n) is 14.0. The molecule has 2 aliphatic heterocycles. The van der Waals surface area contributed by atoms with E-state index in [1.165, 1.54) is 42.4 Å². The molecule has 2 aromatic carbocycles. The molecule has 2 heterocycles. The monoisotopic (exact) mass is 317 g/mol. The second kappa shape index (κ2) is 5.20. The van der Waals surface area contributed by atoms with Gasteiger partial charge in [0.2, 0.25) is 0 Å². The molecule has 0 aromatic heterocycles. The highest BCUT2D eigenvalue weighted by atomic mass is 16.2. The SMILES string of the molecule is O=C1c2ccccc2CC2(CCCC2)C2c3ccccc3CCN12. The van der Waals surface area contributed by atoms with Crippen LogP contribution in [0.3, 0.4) is 0 Å². The molecule has 24 heavy (non-hydrogen) atoms. The Morgan fingerprint density at radius 2 is 1.62 bits per heavy atom. The second-order valence-corrected chi connectivity index (χ2v) is 7.75. The molecule has 2 heteroatoms. The molecule has 1 saturated carbocycles. The standard InChI is InChI=1S/C22H23NO/c24-21-19-10-4-2-8-17(19)15-22(12-5-6-13-22)20-18-9-3-1-7-16(18)11-14-23(20)21/h1-4,7-10,20H,5-6,11-15H2. The molecule has 2 aromatic rings. The van der Waals surface area contributed by atoms with Crippen molar-refractivity contribution in [3.05, 3.63) is 70.8 Å². The van der Waals surface area contributed by atoms with Crippen LogP contribution in [0.1, 0.15) is 58.8 Å². The van der Waals surface area contributed by atoms with Gasteiger partial charge in [0.1, 0.15) is 0 Å². The average Bonchev–Trinajstić information content (AvgIpc) is 3.06. The number of hydrogen-bond donors (Lipinski definition) is 0. The Labute approximate surface area is 143 Å². The Balaban J connectivity index is 1.74.